The van der Waals surface area contributed by atoms with E-state index in [2.05, 4.69) is 47.9 Å². The SMILES string of the molecule is CCc1ccc2nc(Nc3cc(Cc4ccccc4)nc(Nc4ccc(OC(C)(C)C(=O)O)cc4)n3)sc2c1. The van der Waals surface area contributed by atoms with E-state index in [9.17, 15) is 9.90 Å². The minimum Gasteiger partial charge on any atom is -0.478 e. The van der Waals surface area contributed by atoms with Crippen molar-refractivity contribution in [3.8, 4) is 5.75 Å². The highest BCUT2D eigenvalue weighted by Crippen LogP contribution is 2.30. The summed E-state index contributed by atoms with van der Waals surface area (Å²) in [7, 11) is 0. The standard InChI is InChI=1S/C30H29N5O3S/c1-4-19-10-15-24-25(17-19)39-29(33-24)35-26-18-22(16-20-8-6-5-7-9-20)32-28(34-26)31-21-11-13-23(14-12-21)38-30(2,3)27(36)37/h5-15,17-18H,4,16H2,1-3H3,(H,36,37)(H2,31,32,33,34,35). The van der Waals surface area contributed by atoms with Gasteiger partial charge in [-0.1, -0.05) is 54.7 Å². The number of carbonyl (C=O) groups is 1. The van der Waals surface area contributed by atoms with Gasteiger partial charge >= 0.3 is 5.97 Å². The largest absolute Gasteiger partial charge is 0.478 e. The molecule has 0 spiro atoms. The Hall–Kier alpha value is -4.50. The summed E-state index contributed by atoms with van der Waals surface area (Å²) in [6.45, 7) is 5.16. The predicted octanol–water partition coefficient (Wildman–Crippen LogP) is 6.97. The second kappa shape index (κ2) is 11.1. The molecule has 2 aromatic heterocycles. The lowest BCUT2D eigenvalue weighted by molar-refractivity contribution is -0.152. The number of aryl methyl sites for hydroxylation is 1. The molecule has 0 atom stereocenters. The number of nitrogens with zero attached hydrogens (tertiary/aromatic N) is 3. The maximum absolute atomic E-state index is 11.4. The fourth-order valence-electron chi connectivity index (χ4n) is 3.94. The molecule has 8 nitrogen and oxygen atoms in total. The number of hydrogen-bond acceptors (Lipinski definition) is 8. The lowest BCUT2D eigenvalue weighted by Crippen LogP contribution is -2.37. The number of carboxylic acids is 1. The molecular weight excluding hydrogens is 510 g/mol. The monoisotopic (exact) mass is 539 g/mol. The van der Waals surface area contributed by atoms with E-state index in [0.29, 0.717) is 23.9 Å². The molecular formula is C30H29N5O3S. The average molecular weight is 540 g/mol. The Balaban J connectivity index is 1.40. The Labute approximate surface area is 230 Å². The zero-order valence-electron chi connectivity index (χ0n) is 21.9. The molecule has 0 saturated carbocycles. The summed E-state index contributed by atoms with van der Waals surface area (Å²) in [5, 5.41) is 16.7. The van der Waals surface area contributed by atoms with Crippen LogP contribution in [0.5, 0.6) is 5.75 Å². The highest BCUT2D eigenvalue weighted by molar-refractivity contribution is 7.22. The Morgan fingerprint density at radius 1 is 0.923 bits per heavy atom. The van der Waals surface area contributed by atoms with Crippen LogP contribution in [0.15, 0.2) is 78.9 Å². The fraction of sp³-hybridized carbons (Fsp3) is 0.200. The van der Waals surface area contributed by atoms with E-state index in [1.165, 1.54) is 19.4 Å². The summed E-state index contributed by atoms with van der Waals surface area (Å²) >= 11 is 1.59. The van der Waals surface area contributed by atoms with E-state index in [4.69, 9.17) is 19.7 Å². The van der Waals surface area contributed by atoms with Crippen LogP contribution in [0.2, 0.25) is 0 Å². The van der Waals surface area contributed by atoms with Crippen LogP contribution in [0, 0.1) is 0 Å². The third-order valence-electron chi connectivity index (χ3n) is 6.10. The van der Waals surface area contributed by atoms with Gasteiger partial charge in [-0.3, -0.25) is 0 Å². The number of rotatable bonds is 10. The third kappa shape index (κ3) is 6.50. The van der Waals surface area contributed by atoms with E-state index in [-0.39, 0.29) is 0 Å². The Morgan fingerprint density at radius 2 is 1.69 bits per heavy atom. The van der Waals surface area contributed by atoms with Crippen molar-refractivity contribution in [2.75, 3.05) is 10.6 Å². The first-order chi connectivity index (χ1) is 18.8. The van der Waals surface area contributed by atoms with Crippen LogP contribution in [0.3, 0.4) is 0 Å². The lowest BCUT2D eigenvalue weighted by atomic mass is 10.1. The van der Waals surface area contributed by atoms with Crippen LogP contribution in [0.4, 0.5) is 22.6 Å². The highest BCUT2D eigenvalue weighted by Gasteiger charge is 2.29. The number of hydrogen-bond donors (Lipinski definition) is 3. The minimum atomic E-state index is -1.33. The first-order valence-electron chi connectivity index (χ1n) is 12.7. The van der Waals surface area contributed by atoms with Gasteiger partial charge in [0, 0.05) is 18.2 Å². The predicted molar refractivity (Wildman–Crippen MR) is 156 cm³/mol. The van der Waals surface area contributed by atoms with Gasteiger partial charge < -0.3 is 20.5 Å². The fourth-order valence-corrected chi connectivity index (χ4v) is 4.88. The average Bonchev–Trinajstić information content (AvgIpc) is 3.31. The van der Waals surface area contributed by atoms with Crippen molar-refractivity contribution in [2.24, 2.45) is 0 Å². The van der Waals surface area contributed by atoms with Gasteiger partial charge in [0.1, 0.15) is 11.6 Å². The van der Waals surface area contributed by atoms with Gasteiger partial charge in [-0.15, -0.1) is 0 Å². The number of aliphatic carboxylic acids is 1. The van der Waals surface area contributed by atoms with Gasteiger partial charge in [0.15, 0.2) is 10.7 Å². The summed E-state index contributed by atoms with van der Waals surface area (Å²) < 4.78 is 6.73. The molecule has 5 rings (SSSR count). The molecule has 0 amide bonds. The van der Waals surface area contributed by atoms with Gasteiger partial charge in [-0.25, -0.2) is 14.8 Å². The van der Waals surface area contributed by atoms with E-state index >= 15 is 0 Å². The van der Waals surface area contributed by atoms with Crippen molar-refractivity contribution >= 4 is 50.1 Å². The number of thiazole rings is 1. The summed E-state index contributed by atoms with van der Waals surface area (Å²) in [6.07, 6.45) is 1.62. The molecule has 198 valence electrons. The lowest BCUT2D eigenvalue weighted by Gasteiger charge is -2.21. The normalized spacial score (nSPS) is 11.4. The van der Waals surface area contributed by atoms with Crippen LogP contribution in [-0.4, -0.2) is 31.6 Å². The van der Waals surface area contributed by atoms with Gasteiger partial charge in [0.2, 0.25) is 5.95 Å². The van der Waals surface area contributed by atoms with Gasteiger partial charge in [0.25, 0.3) is 0 Å². The molecule has 0 saturated heterocycles. The molecule has 0 radical (unpaired) electrons. The van der Waals surface area contributed by atoms with Crippen molar-refractivity contribution in [1.82, 2.24) is 15.0 Å². The topological polar surface area (TPSA) is 109 Å². The molecule has 3 aromatic carbocycles. The van der Waals surface area contributed by atoms with Crippen LogP contribution in [0.25, 0.3) is 10.2 Å². The third-order valence-corrected chi connectivity index (χ3v) is 7.04. The van der Waals surface area contributed by atoms with E-state index < -0.39 is 11.6 Å². The molecule has 3 N–H and O–H groups in total. The number of ether oxygens (including phenoxy) is 1. The highest BCUT2D eigenvalue weighted by atomic mass is 32.1. The first kappa shape index (κ1) is 26.1. The quantitative estimate of drug-likeness (QED) is 0.175. The maximum atomic E-state index is 11.4. The maximum Gasteiger partial charge on any atom is 0.347 e. The molecule has 0 aliphatic heterocycles. The molecule has 5 aromatic rings. The molecule has 39 heavy (non-hydrogen) atoms. The Kier molecular flexibility index (Phi) is 7.42. The number of carboxylic acid groups (broad SMARTS) is 1. The van der Waals surface area contributed by atoms with Crippen molar-refractivity contribution in [3.63, 3.8) is 0 Å². The van der Waals surface area contributed by atoms with Gasteiger partial charge in [0.05, 0.1) is 15.9 Å². The van der Waals surface area contributed by atoms with Crippen molar-refractivity contribution in [1.29, 1.82) is 0 Å². The second-order valence-corrected chi connectivity index (χ2v) is 10.6. The summed E-state index contributed by atoms with van der Waals surface area (Å²) in [4.78, 5) is 25.6. The molecule has 0 fully saturated rings. The number of nitrogens with one attached hydrogen (secondary N) is 2. The molecule has 0 bridgehead atoms. The van der Waals surface area contributed by atoms with Crippen molar-refractivity contribution in [2.45, 2.75) is 39.2 Å². The smallest absolute Gasteiger partial charge is 0.347 e. The van der Waals surface area contributed by atoms with Gasteiger partial charge in [-0.05, 0) is 67.8 Å². The zero-order chi connectivity index (χ0) is 27.4. The Bertz CT molecular complexity index is 1600. The minimum absolute atomic E-state index is 0.430. The molecule has 2 heterocycles. The van der Waals surface area contributed by atoms with E-state index in [0.717, 1.165) is 38.7 Å². The molecule has 9 heteroatoms. The Morgan fingerprint density at radius 3 is 2.41 bits per heavy atom. The number of anilines is 4. The number of fused-ring (bicyclic) bond motifs is 1. The van der Waals surface area contributed by atoms with Crippen LogP contribution < -0.4 is 15.4 Å². The number of benzene rings is 3. The van der Waals surface area contributed by atoms with Gasteiger partial charge in [-0.2, -0.15) is 4.98 Å². The summed E-state index contributed by atoms with van der Waals surface area (Å²) in [6, 6.07) is 25.4. The van der Waals surface area contributed by atoms with Crippen LogP contribution in [0.1, 0.15) is 37.6 Å². The molecule has 0 unspecified atom stereocenters. The van der Waals surface area contributed by atoms with Crippen LogP contribution in [-0.2, 0) is 17.6 Å². The summed E-state index contributed by atoms with van der Waals surface area (Å²) in [5.41, 5.74) is 3.62. The first-order valence-corrected chi connectivity index (χ1v) is 13.5. The van der Waals surface area contributed by atoms with Crippen molar-refractivity contribution in [3.05, 3.63) is 95.7 Å². The zero-order valence-corrected chi connectivity index (χ0v) is 22.7. The van der Waals surface area contributed by atoms with E-state index in [1.807, 2.05) is 24.3 Å². The van der Waals surface area contributed by atoms with Crippen LogP contribution >= 0.6 is 11.3 Å². The number of aromatic nitrogens is 3. The van der Waals surface area contributed by atoms with E-state index in [1.54, 1.807) is 35.6 Å². The summed E-state index contributed by atoms with van der Waals surface area (Å²) in [5.74, 6) is 0.486. The molecule has 0 aliphatic carbocycles. The molecule has 0 aliphatic rings. The second-order valence-electron chi connectivity index (χ2n) is 9.60. The van der Waals surface area contributed by atoms with Crippen molar-refractivity contribution < 1.29 is 14.6 Å².